The summed E-state index contributed by atoms with van der Waals surface area (Å²) in [5, 5.41) is 3.07. The molecule has 0 aliphatic heterocycles. The summed E-state index contributed by atoms with van der Waals surface area (Å²) in [6.07, 6.45) is -4.32. The van der Waals surface area contributed by atoms with Gasteiger partial charge >= 0.3 is 6.18 Å². The molecule has 0 amide bonds. The Morgan fingerprint density at radius 1 is 1.09 bits per heavy atom. The lowest BCUT2D eigenvalue weighted by atomic mass is 10.1. The molecule has 0 bridgehead atoms. The zero-order valence-corrected chi connectivity index (χ0v) is 12.6. The van der Waals surface area contributed by atoms with Crippen molar-refractivity contribution in [1.29, 1.82) is 0 Å². The summed E-state index contributed by atoms with van der Waals surface area (Å²) in [5.74, 6) is 1.36. The summed E-state index contributed by atoms with van der Waals surface area (Å²) in [4.78, 5) is 2.10. The second-order valence-electron chi connectivity index (χ2n) is 5.18. The summed E-state index contributed by atoms with van der Waals surface area (Å²) in [6.45, 7) is 2.41. The molecule has 0 aliphatic carbocycles. The summed E-state index contributed by atoms with van der Waals surface area (Å²) >= 11 is 0. The summed E-state index contributed by atoms with van der Waals surface area (Å²) in [7, 11) is 3.88. The van der Waals surface area contributed by atoms with Gasteiger partial charge in [0.2, 0.25) is 0 Å². The van der Waals surface area contributed by atoms with Crippen molar-refractivity contribution in [2.45, 2.75) is 12.7 Å². The Morgan fingerprint density at radius 3 is 2.36 bits per heavy atom. The monoisotopic (exact) mass is 312 g/mol. The van der Waals surface area contributed by atoms with Crippen LogP contribution in [0.1, 0.15) is 11.3 Å². The Morgan fingerprint density at radius 2 is 1.77 bits per heavy atom. The third-order valence-corrected chi connectivity index (χ3v) is 3.33. The van der Waals surface area contributed by atoms with E-state index < -0.39 is 11.7 Å². The zero-order chi connectivity index (χ0) is 16.2. The predicted molar refractivity (Wildman–Crippen MR) is 79.4 cm³/mol. The minimum Gasteiger partial charge on any atom is -0.460 e. The Kier molecular flexibility index (Phi) is 5.26. The highest BCUT2D eigenvalue weighted by molar-refractivity contribution is 5.58. The molecule has 0 spiro atoms. The first-order valence-electron chi connectivity index (χ1n) is 6.99. The predicted octanol–water partition coefficient (Wildman–Crippen LogP) is 3.62. The summed E-state index contributed by atoms with van der Waals surface area (Å²) in [6, 6.07) is 8.62. The van der Waals surface area contributed by atoms with E-state index in [9.17, 15) is 13.2 Å². The number of nitrogens with one attached hydrogen (secondary N) is 1. The van der Waals surface area contributed by atoms with Crippen LogP contribution in [0.3, 0.4) is 0 Å². The van der Waals surface area contributed by atoms with E-state index in [2.05, 4.69) is 10.2 Å². The molecule has 120 valence electrons. The van der Waals surface area contributed by atoms with Crippen LogP contribution in [0.2, 0.25) is 0 Å². The van der Waals surface area contributed by atoms with Crippen molar-refractivity contribution >= 4 is 0 Å². The van der Waals surface area contributed by atoms with Crippen molar-refractivity contribution in [2.24, 2.45) is 0 Å². The van der Waals surface area contributed by atoms with Crippen LogP contribution >= 0.6 is 0 Å². The fraction of sp³-hybridized carbons (Fsp3) is 0.375. The molecule has 1 heterocycles. The molecule has 0 saturated heterocycles. The second-order valence-corrected chi connectivity index (χ2v) is 5.18. The number of rotatable bonds is 6. The minimum absolute atomic E-state index is 0.575. The van der Waals surface area contributed by atoms with Gasteiger partial charge in [0.1, 0.15) is 11.5 Å². The van der Waals surface area contributed by atoms with E-state index in [1.165, 1.54) is 12.1 Å². The van der Waals surface area contributed by atoms with Crippen LogP contribution < -0.4 is 5.32 Å². The van der Waals surface area contributed by atoms with Gasteiger partial charge in [-0.3, -0.25) is 4.90 Å². The summed E-state index contributed by atoms with van der Waals surface area (Å²) in [5.41, 5.74) is -0.0213. The molecule has 0 saturated carbocycles. The zero-order valence-electron chi connectivity index (χ0n) is 12.6. The number of furan rings is 1. The van der Waals surface area contributed by atoms with Crippen molar-refractivity contribution in [1.82, 2.24) is 10.2 Å². The number of hydrogen-bond acceptors (Lipinski definition) is 3. The van der Waals surface area contributed by atoms with E-state index in [4.69, 9.17) is 4.42 Å². The number of hydrogen-bond donors (Lipinski definition) is 1. The maximum atomic E-state index is 12.5. The quantitative estimate of drug-likeness (QED) is 0.883. The van der Waals surface area contributed by atoms with Gasteiger partial charge in [0.05, 0.1) is 12.1 Å². The fourth-order valence-corrected chi connectivity index (χ4v) is 2.09. The van der Waals surface area contributed by atoms with E-state index in [-0.39, 0.29) is 0 Å². The lowest BCUT2D eigenvalue weighted by molar-refractivity contribution is -0.137. The van der Waals surface area contributed by atoms with Crippen LogP contribution in [0.15, 0.2) is 40.8 Å². The molecule has 22 heavy (non-hydrogen) atoms. The van der Waals surface area contributed by atoms with Gasteiger partial charge in [-0.1, -0.05) is 12.1 Å². The van der Waals surface area contributed by atoms with Crippen molar-refractivity contribution in [3.05, 3.63) is 47.7 Å². The van der Waals surface area contributed by atoms with Gasteiger partial charge < -0.3 is 9.73 Å². The number of halogens is 3. The van der Waals surface area contributed by atoms with E-state index in [0.29, 0.717) is 17.9 Å². The van der Waals surface area contributed by atoms with Crippen LogP contribution in [0.25, 0.3) is 11.3 Å². The standard InChI is InChI=1S/C16H19F3N2O/c1-20-9-10-21(2)11-14-7-8-15(22-14)12-3-5-13(6-4-12)16(17,18)19/h3-8,20H,9-11H2,1-2H3. The normalized spacial score (nSPS) is 12.1. The molecule has 0 aliphatic rings. The molecular formula is C16H19F3N2O. The van der Waals surface area contributed by atoms with E-state index in [1.54, 1.807) is 6.07 Å². The lowest BCUT2D eigenvalue weighted by Gasteiger charge is -2.14. The Bertz CT molecular complexity index is 590. The van der Waals surface area contributed by atoms with Crippen molar-refractivity contribution in [2.75, 3.05) is 27.2 Å². The van der Waals surface area contributed by atoms with Crippen molar-refractivity contribution < 1.29 is 17.6 Å². The molecule has 1 aromatic heterocycles. The van der Waals surface area contributed by atoms with Crippen molar-refractivity contribution in [3.8, 4) is 11.3 Å². The Balaban J connectivity index is 2.05. The molecule has 2 rings (SSSR count). The van der Waals surface area contributed by atoms with Gasteiger partial charge in [0, 0.05) is 18.7 Å². The number of likely N-dealkylation sites (N-methyl/N-ethyl adjacent to an activating group) is 2. The topological polar surface area (TPSA) is 28.4 Å². The highest BCUT2D eigenvalue weighted by Crippen LogP contribution is 2.31. The fourth-order valence-electron chi connectivity index (χ4n) is 2.09. The van der Waals surface area contributed by atoms with E-state index in [1.807, 2.05) is 20.2 Å². The smallest absolute Gasteiger partial charge is 0.416 e. The Labute approximate surface area is 127 Å². The van der Waals surface area contributed by atoms with Crippen LogP contribution in [0.5, 0.6) is 0 Å². The summed E-state index contributed by atoms with van der Waals surface area (Å²) < 4.78 is 43.3. The van der Waals surface area contributed by atoms with Crippen LogP contribution in [0.4, 0.5) is 13.2 Å². The van der Waals surface area contributed by atoms with Crippen LogP contribution in [0, 0.1) is 0 Å². The second kappa shape index (κ2) is 6.98. The first-order valence-corrected chi connectivity index (χ1v) is 6.99. The lowest BCUT2D eigenvalue weighted by Crippen LogP contribution is -2.26. The van der Waals surface area contributed by atoms with Gasteiger partial charge in [-0.25, -0.2) is 0 Å². The van der Waals surface area contributed by atoms with Gasteiger partial charge in [-0.15, -0.1) is 0 Å². The van der Waals surface area contributed by atoms with Crippen LogP contribution in [-0.2, 0) is 12.7 Å². The number of benzene rings is 1. The molecule has 2 aromatic rings. The molecule has 0 fully saturated rings. The number of nitrogens with zero attached hydrogens (tertiary/aromatic N) is 1. The molecule has 6 heteroatoms. The molecule has 0 atom stereocenters. The average Bonchev–Trinajstić information content (AvgIpc) is 2.93. The Hall–Kier alpha value is -1.79. The van der Waals surface area contributed by atoms with Gasteiger partial charge in [-0.05, 0) is 38.4 Å². The van der Waals surface area contributed by atoms with Crippen molar-refractivity contribution in [3.63, 3.8) is 0 Å². The molecular weight excluding hydrogens is 293 g/mol. The molecule has 1 aromatic carbocycles. The average molecular weight is 312 g/mol. The maximum absolute atomic E-state index is 12.5. The van der Waals surface area contributed by atoms with Crippen LogP contribution in [-0.4, -0.2) is 32.1 Å². The maximum Gasteiger partial charge on any atom is 0.416 e. The molecule has 0 radical (unpaired) electrons. The van der Waals surface area contributed by atoms with Gasteiger partial charge in [0.25, 0.3) is 0 Å². The largest absolute Gasteiger partial charge is 0.460 e. The highest BCUT2D eigenvalue weighted by atomic mass is 19.4. The molecule has 1 N–H and O–H groups in total. The number of alkyl halides is 3. The molecule has 3 nitrogen and oxygen atoms in total. The van der Waals surface area contributed by atoms with Gasteiger partial charge in [-0.2, -0.15) is 13.2 Å². The first kappa shape index (κ1) is 16.6. The SMILES string of the molecule is CNCCN(C)Cc1ccc(-c2ccc(C(F)(F)F)cc2)o1. The third kappa shape index (κ3) is 4.35. The highest BCUT2D eigenvalue weighted by Gasteiger charge is 2.30. The van der Waals surface area contributed by atoms with E-state index >= 15 is 0 Å². The molecule has 0 unspecified atom stereocenters. The van der Waals surface area contributed by atoms with E-state index in [0.717, 1.165) is 31.0 Å². The third-order valence-electron chi connectivity index (χ3n) is 3.33. The first-order chi connectivity index (χ1) is 10.4. The van der Waals surface area contributed by atoms with Gasteiger partial charge in [0.15, 0.2) is 0 Å². The minimum atomic E-state index is -4.32.